The van der Waals surface area contributed by atoms with Gasteiger partial charge < -0.3 is 20.3 Å². The molecular weight excluding hydrogens is 408 g/mol. The smallest absolute Gasteiger partial charge is 0.0819 e. The number of rotatable bonds is 9. The summed E-state index contributed by atoms with van der Waals surface area (Å²) in [5.41, 5.74) is 2.95. The van der Waals surface area contributed by atoms with E-state index >= 15 is 0 Å². The molecule has 0 amide bonds. The molecular formula is C22H25ClN2O3S. The van der Waals surface area contributed by atoms with Crippen LogP contribution in [-0.4, -0.2) is 39.1 Å². The summed E-state index contributed by atoms with van der Waals surface area (Å²) < 4.78 is 0. The molecule has 1 aromatic heterocycles. The Hall–Kier alpha value is -1.80. The molecule has 0 saturated heterocycles. The van der Waals surface area contributed by atoms with E-state index in [1.54, 1.807) is 11.8 Å². The van der Waals surface area contributed by atoms with Gasteiger partial charge in [0.15, 0.2) is 0 Å². The lowest BCUT2D eigenvalue weighted by molar-refractivity contribution is 0.0526. The number of aromatic nitrogens is 1. The van der Waals surface area contributed by atoms with Gasteiger partial charge in [0.25, 0.3) is 0 Å². The minimum atomic E-state index is -1.13. The fraction of sp³-hybridized carbons (Fsp3) is 0.273. The van der Waals surface area contributed by atoms with Crippen molar-refractivity contribution in [2.45, 2.75) is 34.8 Å². The monoisotopic (exact) mass is 432 g/mol. The molecule has 3 rings (SSSR count). The highest BCUT2D eigenvalue weighted by Crippen LogP contribution is 2.31. The summed E-state index contributed by atoms with van der Waals surface area (Å²) in [5, 5.41) is 29.3. The summed E-state index contributed by atoms with van der Waals surface area (Å²) in [6.45, 7) is 1.28. The minimum Gasteiger partial charge on any atom is -0.394 e. The molecule has 29 heavy (non-hydrogen) atoms. The number of aliphatic hydroxyl groups excluding tert-OH is 3. The zero-order valence-electron chi connectivity index (χ0n) is 16.1. The van der Waals surface area contributed by atoms with Gasteiger partial charge in [-0.25, -0.2) is 4.84 Å². The largest absolute Gasteiger partial charge is 0.394 e. The van der Waals surface area contributed by atoms with Crippen LogP contribution in [0.5, 0.6) is 0 Å². The first-order valence-corrected chi connectivity index (χ1v) is 10.5. The second-order valence-electron chi connectivity index (χ2n) is 7.16. The molecule has 5 N–H and O–H groups in total. The number of aliphatic hydroxyl groups is 3. The third kappa shape index (κ3) is 5.42. The number of aromatic amines is 1. The van der Waals surface area contributed by atoms with Crippen molar-refractivity contribution in [1.29, 1.82) is 0 Å². The topological polar surface area (TPSA) is 88.5 Å². The Bertz CT molecular complexity index is 900. The van der Waals surface area contributed by atoms with Crippen LogP contribution < -0.4 is 4.84 Å². The SMILES string of the molecule is Cc1ccc(-c2ccc(Sc3ccc(C(O)CC(CO)(CO)NCl)cc3)cc2)[nH]1. The van der Waals surface area contributed by atoms with Crippen molar-refractivity contribution in [3.63, 3.8) is 0 Å². The standard InChI is InChI=1S/C22H25ClN2O3S/c1-15-2-11-20(24-15)16-3-7-18(8-4-16)29-19-9-5-17(6-10-19)21(28)12-22(13-26,14-27)25-23/h2-11,21,24-28H,12-14H2,1H3. The minimum absolute atomic E-state index is 0.0929. The van der Waals surface area contributed by atoms with Crippen LogP contribution in [0, 0.1) is 6.92 Å². The Balaban J connectivity index is 1.64. The zero-order chi connectivity index (χ0) is 20.9. The van der Waals surface area contributed by atoms with Gasteiger partial charge >= 0.3 is 0 Å². The van der Waals surface area contributed by atoms with E-state index in [2.05, 4.69) is 46.2 Å². The maximum Gasteiger partial charge on any atom is 0.0819 e. The van der Waals surface area contributed by atoms with Crippen molar-refractivity contribution in [3.05, 3.63) is 71.9 Å². The molecule has 0 fully saturated rings. The number of aryl methyl sites for hydroxylation is 1. The Kier molecular flexibility index (Phi) is 7.40. The molecule has 0 bridgehead atoms. The molecule has 0 saturated carbocycles. The maximum absolute atomic E-state index is 10.4. The third-order valence-electron chi connectivity index (χ3n) is 4.89. The van der Waals surface area contributed by atoms with Crippen molar-refractivity contribution in [3.8, 4) is 11.3 Å². The molecule has 7 heteroatoms. The van der Waals surface area contributed by atoms with Gasteiger partial charge in [-0.1, -0.05) is 36.0 Å². The van der Waals surface area contributed by atoms with Crippen molar-refractivity contribution in [1.82, 2.24) is 9.82 Å². The highest BCUT2D eigenvalue weighted by atomic mass is 35.5. The fourth-order valence-corrected chi connectivity index (χ4v) is 4.05. The molecule has 0 spiro atoms. The Morgan fingerprint density at radius 2 is 1.55 bits per heavy atom. The van der Waals surface area contributed by atoms with E-state index in [4.69, 9.17) is 11.8 Å². The summed E-state index contributed by atoms with van der Waals surface area (Å²) in [5.74, 6) is 0. The molecule has 3 aromatic rings. The number of H-pyrrole nitrogens is 1. The summed E-state index contributed by atoms with van der Waals surface area (Å²) in [6, 6.07) is 20.1. The lowest BCUT2D eigenvalue weighted by atomic mass is 9.92. The van der Waals surface area contributed by atoms with Gasteiger partial charge in [-0.3, -0.25) is 0 Å². The average molecular weight is 433 g/mol. The Labute approximate surface area is 179 Å². The van der Waals surface area contributed by atoms with Crippen molar-refractivity contribution < 1.29 is 15.3 Å². The second-order valence-corrected chi connectivity index (χ2v) is 8.50. The molecule has 1 atom stereocenters. The van der Waals surface area contributed by atoms with Crippen LogP contribution in [0.15, 0.2) is 70.5 Å². The van der Waals surface area contributed by atoms with Gasteiger partial charge in [0, 0.05) is 27.6 Å². The van der Waals surface area contributed by atoms with Crippen molar-refractivity contribution in [2.24, 2.45) is 0 Å². The molecule has 0 aliphatic heterocycles. The first-order chi connectivity index (χ1) is 14.0. The molecule has 2 aromatic carbocycles. The molecule has 1 heterocycles. The van der Waals surface area contributed by atoms with E-state index in [1.165, 1.54) is 0 Å². The van der Waals surface area contributed by atoms with E-state index < -0.39 is 11.6 Å². The lowest BCUT2D eigenvalue weighted by Crippen LogP contribution is -2.48. The van der Waals surface area contributed by atoms with Crippen LogP contribution in [0.4, 0.5) is 0 Å². The van der Waals surface area contributed by atoms with E-state index in [9.17, 15) is 15.3 Å². The van der Waals surface area contributed by atoms with E-state index in [1.807, 2.05) is 31.2 Å². The van der Waals surface area contributed by atoms with Crippen LogP contribution in [-0.2, 0) is 0 Å². The molecule has 154 valence electrons. The van der Waals surface area contributed by atoms with Crippen LogP contribution in [0.25, 0.3) is 11.3 Å². The number of hydrogen-bond donors (Lipinski definition) is 5. The van der Waals surface area contributed by atoms with Crippen LogP contribution in [0.1, 0.15) is 23.8 Å². The van der Waals surface area contributed by atoms with Gasteiger partial charge in [0.05, 0.1) is 24.9 Å². The summed E-state index contributed by atoms with van der Waals surface area (Å²) in [7, 11) is 0. The molecule has 0 aliphatic rings. The van der Waals surface area contributed by atoms with Crippen molar-refractivity contribution >= 4 is 23.5 Å². The van der Waals surface area contributed by atoms with Gasteiger partial charge in [-0.05, 0) is 66.2 Å². The number of benzene rings is 2. The molecule has 0 aliphatic carbocycles. The number of hydrogen-bond acceptors (Lipinski definition) is 5. The van der Waals surface area contributed by atoms with Gasteiger partial charge in [0.2, 0.25) is 0 Å². The summed E-state index contributed by atoms with van der Waals surface area (Å²) in [4.78, 5) is 7.89. The Morgan fingerprint density at radius 3 is 2.03 bits per heavy atom. The van der Waals surface area contributed by atoms with Gasteiger partial charge in [0.1, 0.15) is 0 Å². The first kappa shape index (κ1) is 21.9. The fourth-order valence-electron chi connectivity index (χ4n) is 3.03. The summed E-state index contributed by atoms with van der Waals surface area (Å²) >= 11 is 7.28. The van der Waals surface area contributed by atoms with Crippen LogP contribution in [0.3, 0.4) is 0 Å². The van der Waals surface area contributed by atoms with Crippen LogP contribution in [0.2, 0.25) is 0 Å². The zero-order valence-corrected chi connectivity index (χ0v) is 17.7. The normalized spacial score (nSPS) is 12.9. The lowest BCUT2D eigenvalue weighted by Gasteiger charge is -2.30. The predicted octanol–water partition coefficient (Wildman–Crippen LogP) is 4.03. The molecule has 0 radical (unpaired) electrons. The molecule has 1 unspecified atom stereocenters. The maximum atomic E-state index is 10.4. The number of nitrogens with one attached hydrogen (secondary N) is 2. The predicted molar refractivity (Wildman–Crippen MR) is 117 cm³/mol. The molecule has 5 nitrogen and oxygen atoms in total. The average Bonchev–Trinajstić information content (AvgIpc) is 3.19. The first-order valence-electron chi connectivity index (χ1n) is 9.30. The highest BCUT2D eigenvalue weighted by Gasteiger charge is 2.31. The van der Waals surface area contributed by atoms with Crippen molar-refractivity contribution in [2.75, 3.05) is 13.2 Å². The van der Waals surface area contributed by atoms with E-state index in [0.29, 0.717) is 5.56 Å². The quantitative estimate of drug-likeness (QED) is 0.329. The Morgan fingerprint density at radius 1 is 0.966 bits per heavy atom. The van der Waals surface area contributed by atoms with Gasteiger partial charge in [-0.15, -0.1) is 0 Å². The van der Waals surface area contributed by atoms with E-state index in [-0.39, 0.29) is 19.6 Å². The van der Waals surface area contributed by atoms with E-state index in [0.717, 1.165) is 26.7 Å². The van der Waals surface area contributed by atoms with Crippen LogP contribution >= 0.6 is 23.5 Å². The second kappa shape index (κ2) is 9.80. The highest BCUT2D eigenvalue weighted by molar-refractivity contribution is 7.99. The number of halogens is 1. The van der Waals surface area contributed by atoms with Gasteiger partial charge in [-0.2, -0.15) is 0 Å². The summed E-state index contributed by atoms with van der Waals surface area (Å²) in [6.07, 6.45) is -0.765. The third-order valence-corrected chi connectivity index (χ3v) is 6.30.